The van der Waals surface area contributed by atoms with Gasteiger partial charge in [0.05, 0.1) is 12.1 Å². The number of aliphatic hydroxyl groups is 1. The average Bonchev–Trinajstić information content (AvgIpc) is 3.17. The summed E-state index contributed by atoms with van der Waals surface area (Å²) >= 11 is 0. The van der Waals surface area contributed by atoms with Gasteiger partial charge in [-0.1, -0.05) is 0 Å². The topological polar surface area (TPSA) is 53.4 Å². The smallest absolute Gasteiger partial charge is 0.226 e. The Morgan fingerprint density at radius 3 is 2.72 bits per heavy atom. The number of hydrogen-bond acceptors (Lipinski definition) is 3. The molecule has 1 amide bonds. The molecule has 0 unspecified atom stereocenters. The fourth-order valence-corrected chi connectivity index (χ4v) is 2.68. The molecule has 1 aromatic rings. The van der Waals surface area contributed by atoms with Crippen LogP contribution < -0.4 is 0 Å². The minimum absolute atomic E-state index is 0.0551. The van der Waals surface area contributed by atoms with E-state index in [9.17, 15) is 9.90 Å². The maximum absolute atomic E-state index is 12.2. The molecule has 4 heteroatoms. The molecule has 1 saturated carbocycles. The van der Waals surface area contributed by atoms with Gasteiger partial charge in [-0.25, -0.2) is 0 Å². The van der Waals surface area contributed by atoms with E-state index < -0.39 is 0 Å². The molecular formula is C14H18N2O2. The number of rotatable bonds is 3. The summed E-state index contributed by atoms with van der Waals surface area (Å²) in [6.45, 7) is 0.701. The fourth-order valence-electron chi connectivity index (χ4n) is 2.68. The molecule has 18 heavy (non-hydrogen) atoms. The van der Waals surface area contributed by atoms with Gasteiger partial charge in [0.15, 0.2) is 0 Å². The van der Waals surface area contributed by atoms with Crippen LogP contribution >= 0.6 is 0 Å². The number of hydrogen-bond donors (Lipinski definition) is 1. The molecule has 0 aromatic carbocycles. The van der Waals surface area contributed by atoms with Gasteiger partial charge in [0.2, 0.25) is 5.91 Å². The van der Waals surface area contributed by atoms with Crippen molar-refractivity contribution in [3.63, 3.8) is 0 Å². The van der Waals surface area contributed by atoms with E-state index in [0.717, 1.165) is 24.8 Å². The number of aromatic nitrogens is 1. The summed E-state index contributed by atoms with van der Waals surface area (Å²) in [6, 6.07) is 3.84. The quantitative estimate of drug-likeness (QED) is 0.865. The van der Waals surface area contributed by atoms with Gasteiger partial charge in [0.1, 0.15) is 0 Å². The van der Waals surface area contributed by atoms with E-state index in [2.05, 4.69) is 4.98 Å². The first-order valence-electron chi connectivity index (χ1n) is 6.63. The van der Waals surface area contributed by atoms with E-state index >= 15 is 0 Å². The molecule has 2 fully saturated rings. The van der Waals surface area contributed by atoms with Crippen LogP contribution in [-0.4, -0.2) is 39.6 Å². The number of likely N-dealkylation sites (tertiary alicyclic amines) is 1. The Morgan fingerprint density at radius 1 is 1.33 bits per heavy atom. The van der Waals surface area contributed by atoms with E-state index in [1.807, 2.05) is 17.0 Å². The molecule has 1 saturated heterocycles. The van der Waals surface area contributed by atoms with Crippen molar-refractivity contribution in [3.8, 4) is 0 Å². The lowest BCUT2D eigenvalue weighted by atomic mass is 10.0. The van der Waals surface area contributed by atoms with Crippen molar-refractivity contribution in [2.75, 3.05) is 6.54 Å². The molecule has 2 atom stereocenters. The first kappa shape index (κ1) is 11.7. The summed E-state index contributed by atoms with van der Waals surface area (Å²) in [5.74, 6) is 0.473. The van der Waals surface area contributed by atoms with Gasteiger partial charge in [-0.3, -0.25) is 9.78 Å². The first-order valence-corrected chi connectivity index (χ1v) is 6.63. The second-order valence-electron chi connectivity index (χ2n) is 5.29. The Labute approximate surface area is 107 Å². The highest BCUT2D eigenvalue weighted by Crippen LogP contribution is 2.34. The van der Waals surface area contributed by atoms with Gasteiger partial charge in [0.25, 0.3) is 0 Å². The van der Waals surface area contributed by atoms with Crippen LogP contribution in [0.15, 0.2) is 24.5 Å². The minimum atomic E-state index is -0.388. The third-order valence-corrected chi connectivity index (χ3v) is 3.91. The summed E-state index contributed by atoms with van der Waals surface area (Å²) in [6.07, 6.45) is 6.59. The highest BCUT2D eigenvalue weighted by atomic mass is 16.3. The second kappa shape index (κ2) is 4.69. The van der Waals surface area contributed by atoms with Crippen molar-refractivity contribution in [1.29, 1.82) is 0 Å². The second-order valence-corrected chi connectivity index (χ2v) is 5.29. The van der Waals surface area contributed by atoms with Gasteiger partial charge in [-0.15, -0.1) is 0 Å². The molecule has 1 aromatic heterocycles. The number of nitrogens with zero attached hydrogens (tertiary/aromatic N) is 2. The maximum atomic E-state index is 12.2. The molecule has 1 aliphatic carbocycles. The Bertz CT molecular complexity index is 431. The van der Waals surface area contributed by atoms with E-state index in [4.69, 9.17) is 0 Å². The van der Waals surface area contributed by atoms with E-state index in [1.54, 1.807) is 12.4 Å². The van der Waals surface area contributed by atoms with Crippen LogP contribution in [0, 0.1) is 5.92 Å². The van der Waals surface area contributed by atoms with Gasteiger partial charge in [-0.2, -0.15) is 0 Å². The largest absolute Gasteiger partial charge is 0.391 e. The molecule has 1 N–H and O–H groups in total. The predicted molar refractivity (Wildman–Crippen MR) is 66.8 cm³/mol. The molecule has 0 radical (unpaired) electrons. The van der Waals surface area contributed by atoms with Gasteiger partial charge >= 0.3 is 0 Å². The zero-order valence-electron chi connectivity index (χ0n) is 10.3. The standard InChI is InChI=1S/C14H18N2O2/c17-13-5-8-16(14(18)11-1-2-11)12(13)9-10-3-6-15-7-4-10/h3-4,6-7,11-13,17H,1-2,5,8-9H2/t12-,13-/m0/s1. The zero-order valence-corrected chi connectivity index (χ0v) is 10.3. The summed E-state index contributed by atoms with van der Waals surface area (Å²) in [5.41, 5.74) is 1.13. The van der Waals surface area contributed by atoms with Gasteiger partial charge < -0.3 is 10.0 Å². The molecule has 2 heterocycles. The molecule has 0 bridgehead atoms. The Kier molecular flexibility index (Phi) is 3.04. The molecule has 1 aliphatic heterocycles. The number of aliphatic hydroxyl groups excluding tert-OH is 1. The summed E-state index contributed by atoms with van der Waals surface area (Å²) in [7, 11) is 0. The lowest BCUT2D eigenvalue weighted by Crippen LogP contribution is -2.41. The van der Waals surface area contributed by atoms with Crippen LogP contribution in [0.2, 0.25) is 0 Å². The van der Waals surface area contributed by atoms with Crippen molar-refractivity contribution in [2.45, 2.75) is 37.8 Å². The van der Waals surface area contributed by atoms with E-state index in [0.29, 0.717) is 13.0 Å². The SMILES string of the molecule is O=C(C1CC1)N1CC[C@H](O)[C@@H]1Cc1ccncc1. The molecule has 3 rings (SSSR count). The highest BCUT2D eigenvalue weighted by molar-refractivity contribution is 5.81. The van der Waals surface area contributed by atoms with E-state index in [-0.39, 0.29) is 24.0 Å². The van der Waals surface area contributed by atoms with Gasteiger partial charge in [-0.05, 0) is 43.4 Å². The first-order chi connectivity index (χ1) is 8.75. The Balaban J connectivity index is 1.73. The summed E-state index contributed by atoms with van der Waals surface area (Å²) < 4.78 is 0. The molecular weight excluding hydrogens is 228 g/mol. The average molecular weight is 246 g/mol. The lowest BCUT2D eigenvalue weighted by Gasteiger charge is -2.26. The predicted octanol–water partition coefficient (Wildman–Crippen LogP) is 0.996. The Hall–Kier alpha value is -1.42. The van der Waals surface area contributed by atoms with Crippen LogP contribution in [-0.2, 0) is 11.2 Å². The van der Waals surface area contributed by atoms with Crippen molar-refractivity contribution >= 4 is 5.91 Å². The maximum Gasteiger partial charge on any atom is 0.226 e. The highest BCUT2D eigenvalue weighted by Gasteiger charge is 2.41. The normalized spacial score (nSPS) is 27.5. The minimum Gasteiger partial charge on any atom is -0.391 e. The molecule has 96 valence electrons. The molecule has 0 spiro atoms. The third-order valence-electron chi connectivity index (χ3n) is 3.91. The van der Waals surface area contributed by atoms with Crippen molar-refractivity contribution < 1.29 is 9.90 Å². The van der Waals surface area contributed by atoms with Crippen LogP contribution in [0.4, 0.5) is 0 Å². The number of carbonyl (C=O) groups excluding carboxylic acids is 1. The van der Waals surface area contributed by atoms with Crippen LogP contribution in [0.1, 0.15) is 24.8 Å². The Morgan fingerprint density at radius 2 is 2.06 bits per heavy atom. The van der Waals surface area contributed by atoms with Crippen molar-refractivity contribution in [1.82, 2.24) is 9.88 Å². The molecule has 4 nitrogen and oxygen atoms in total. The third kappa shape index (κ3) is 2.25. The van der Waals surface area contributed by atoms with Crippen molar-refractivity contribution in [2.24, 2.45) is 5.92 Å². The number of amides is 1. The van der Waals surface area contributed by atoms with Crippen LogP contribution in [0.3, 0.4) is 0 Å². The monoisotopic (exact) mass is 246 g/mol. The fraction of sp³-hybridized carbons (Fsp3) is 0.571. The van der Waals surface area contributed by atoms with E-state index in [1.165, 1.54) is 0 Å². The lowest BCUT2D eigenvalue weighted by molar-refractivity contribution is -0.134. The van der Waals surface area contributed by atoms with Crippen LogP contribution in [0.5, 0.6) is 0 Å². The number of carbonyl (C=O) groups is 1. The van der Waals surface area contributed by atoms with Gasteiger partial charge in [0, 0.05) is 24.9 Å². The number of pyridine rings is 1. The summed E-state index contributed by atoms with van der Waals surface area (Å²) in [4.78, 5) is 18.0. The zero-order chi connectivity index (χ0) is 12.5. The van der Waals surface area contributed by atoms with Crippen molar-refractivity contribution in [3.05, 3.63) is 30.1 Å². The van der Waals surface area contributed by atoms with Crippen LogP contribution in [0.25, 0.3) is 0 Å². The molecule has 2 aliphatic rings. The summed E-state index contributed by atoms with van der Waals surface area (Å²) in [5, 5.41) is 10.1.